The van der Waals surface area contributed by atoms with Gasteiger partial charge in [-0.2, -0.15) is 0 Å². The minimum atomic E-state index is 0.166. The number of aliphatic hydroxyl groups excluding tert-OH is 1. The normalized spacial score (nSPS) is 10.8. The third-order valence-corrected chi connectivity index (χ3v) is 3.67. The van der Waals surface area contributed by atoms with Crippen LogP contribution in [0, 0.1) is 6.92 Å². The van der Waals surface area contributed by atoms with E-state index in [-0.39, 0.29) is 6.61 Å². The van der Waals surface area contributed by atoms with Crippen molar-refractivity contribution < 1.29 is 5.11 Å². The lowest BCUT2D eigenvalue weighted by atomic mass is 10.0. The number of hydrogen-bond donors (Lipinski definition) is 1. The Morgan fingerprint density at radius 3 is 3.00 bits per heavy atom. The van der Waals surface area contributed by atoms with Gasteiger partial charge in [-0.15, -0.1) is 11.3 Å². The molecule has 0 radical (unpaired) electrons. The van der Waals surface area contributed by atoms with Crippen LogP contribution in [0.25, 0.3) is 15.7 Å². The second-order valence-corrected chi connectivity index (χ2v) is 4.62. The monoisotopic (exact) mass is 218 g/mol. The van der Waals surface area contributed by atoms with Crippen molar-refractivity contribution in [3.05, 3.63) is 41.3 Å². The molecule has 1 nitrogen and oxygen atoms in total. The predicted octanol–water partition coefficient (Wildman–Crippen LogP) is 3.61. The summed E-state index contributed by atoms with van der Waals surface area (Å²) in [6.45, 7) is 6.27. The minimum Gasteiger partial charge on any atom is -0.396 e. The molecule has 78 valence electrons. The Balaban J connectivity index is 2.45. The van der Waals surface area contributed by atoms with Crippen LogP contribution in [-0.4, -0.2) is 11.7 Å². The Labute approximate surface area is 93.7 Å². The van der Waals surface area contributed by atoms with Crippen molar-refractivity contribution in [1.82, 2.24) is 0 Å². The lowest BCUT2D eigenvalue weighted by molar-refractivity contribution is 0.305. The molecule has 2 rings (SSSR count). The number of fused-ring (bicyclic) bond motifs is 1. The number of aryl methyl sites for hydroxylation is 1. The highest BCUT2D eigenvalue weighted by Gasteiger charge is 2.03. The molecule has 0 atom stereocenters. The van der Waals surface area contributed by atoms with Gasteiger partial charge in [-0.3, -0.25) is 0 Å². The maximum Gasteiger partial charge on any atom is 0.0471 e. The van der Waals surface area contributed by atoms with E-state index in [9.17, 15) is 0 Å². The van der Waals surface area contributed by atoms with Crippen LogP contribution in [0.5, 0.6) is 0 Å². The number of rotatable bonds is 3. The van der Waals surface area contributed by atoms with Gasteiger partial charge in [0.05, 0.1) is 0 Å². The summed E-state index contributed by atoms with van der Waals surface area (Å²) in [5.74, 6) is 0. The summed E-state index contributed by atoms with van der Waals surface area (Å²) in [7, 11) is 0. The fourth-order valence-electron chi connectivity index (χ4n) is 1.66. The lowest BCUT2D eigenvalue weighted by Crippen LogP contribution is -1.87. The highest BCUT2D eigenvalue weighted by Crippen LogP contribution is 2.28. The molecule has 0 spiro atoms. The highest BCUT2D eigenvalue weighted by atomic mass is 32.1. The van der Waals surface area contributed by atoms with Crippen molar-refractivity contribution in [3.63, 3.8) is 0 Å². The topological polar surface area (TPSA) is 20.2 Å². The quantitative estimate of drug-likeness (QED) is 0.834. The fourth-order valence-corrected chi connectivity index (χ4v) is 2.58. The summed E-state index contributed by atoms with van der Waals surface area (Å²) in [6, 6.07) is 6.38. The van der Waals surface area contributed by atoms with E-state index in [1.165, 1.54) is 15.6 Å². The first-order chi connectivity index (χ1) is 7.22. The summed E-state index contributed by atoms with van der Waals surface area (Å²) in [5.41, 5.74) is 3.46. The van der Waals surface area contributed by atoms with Gasteiger partial charge in [-0.25, -0.2) is 0 Å². The summed E-state index contributed by atoms with van der Waals surface area (Å²) in [4.78, 5) is 0. The van der Waals surface area contributed by atoms with Gasteiger partial charge in [0.2, 0.25) is 0 Å². The molecule has 2 aromatic rings. The van der Waals surface area contributed by atoms with Crippen LogP contribution in [0.3, 0.4) is 0 Å². The first-order valence-corrected chi connectivity index (χ1v) is 5.87. The molecule has 0 saturated heterocycles. The molecule has 0 amide bonds. The maximum absolute atomic E-state index is 8.87. The number of hydrogen-bond acceptors (Lipinski definition) is 2. The van der Waals surface area contributed by atoms with Crippen molar-refractivity contribution >= 4 is 27.0 Å². The van der Waals surface area contributed by atoms with Gasteiger partial charge in [-0.1, -0.05) is 12.6 Å². The average Bonchev–Trinajstić information content (AvgIpc) is 2.60. The van der Waals surface area contributed by atoms with Crippen LogP contribution < -0.4 is 0 Å². The molecule has 1 N–H and O–H groups in total. The van der Waals surface area contributed by atoms with E-state index < -0.39 is 0 Å². The van der Waals surface area contributed by atoms with Gasteiger partial charge in [0, 0.05) is 11.3 Å². The van der Waals surface area contributed by atoms with E-state index in [1.807, 2.05) is 0 Å². The van der Waals surface area contributed by atoms with Crippen molar-refractivity contribution in [1.29, 1.82) is 0 Å². The van der Waals surface area contributed by atoms with Crippen LogP contribution >= 0.6 is 11.3 Å². The predicted molar refractivity (Wildman–Crippen MR) is 67.3 cm³/mol. The molecule has 1 aromatic heterocycles. The Morgan fingerprint density at radius 2 is 2.27 bits per heavy atom. The first kappa shape index (κ1) is 10.4. The molecule has 0 aliphatic rings. The zero-order chi connectivity index (χ0) is 10.8. The summed E-state index contributed by atoms with van der Waals surface area (Å²) >= 11 is 1.77. The fraction of sp³-hybridized carbons (Fsp3) is 0.231. The summed E-state index contributed by atoms with van der Waals surface area (Å²) < 4.78 is 1.31. The molecule has 0 bridgehead atoms. The third kappa shape index (κ3) is 1.96. The molecule has 0 aliphatic carbocycles. The van der Waals surface area contributed by atoms with Crippen LogP contribution in [0.1, 0.15) is 17.5 Å². The Morgan fingerprint density at radius 1 is 1.47 bits per heavy atom. The van der Waals surface area contributed by atoms with Crippen molar-refractivity contribution in [2.75, 3.05) is 6.61 Å². The second-order valence-electron chi connectivity index (χ2n) is 3.71. The zero-order valence-corrected chi connectivity index (χ0v) is 9.60. The maximum atomic E-state index is 8.87. The van der Waals surface area contributed by atoms with E-state index >= 15 is 0 Å². The molecule has 15 heavy (non-hydrogen) atoms. The summed E-state index contributed by atoms with van der Waals surface area (Å²) in [5, 5.41) is 12.3. The smallest absolute Gasteiger partial charge is 0.0471 e. The molecule has 1 aromatic carbocycles. The van der Waals surface area contributed by atoms with E-state index in [1.54, 1.807) is 11.3 Å². The zero-order valence-electron chi connectivity index (χ0n) is 8.79. The van der Waals surface area contributed by atoms with Gasteiger partial charge >= 0.3 is 0 Å². The van der Waals surface area contributed by atoms with Crippen LogP contribution in [0.15, 0.2) is 30.2 Å². The largest absolute Gasteiger partial charge is 0.396 e. The van der Waals surface area contributed by atoms with E-state index in [2.05, 4.69) is 37.1 Å². The average molecular weight is 218 g/mol. The molecule has 0 fully saturated rings. The van der Waals surface area contributed by atoms with Gasteiger partial charge in [0.15, 0.2) is 0 Å². The van der Waals surface area contributed by atoms with E-state index in [0.717, 1.165) is 11.1 Å². The Bertz CT molecular complexity index is 496. The van der Waals surface area contributed by atoms with Crippen molar-refractivity contribution in [2.45, 2.75) is 13.3 Å². The van der Waals surface area contributed by atoms with Crippen molar-refractivity contribution in [3.8, 4) is 0 Å². The summed E-state index contributed by atoms with van der Waals surface area (Å²) in [6.07, 6.45) is 0.648. The standard InChI is InChI=1S/C13H14OS/c1-9(5-6-14)11-3-4-13-12(7-11)10(2)8-15-13/h3-4,7-8,14H,1,5-6H2,2H3. The molecular weight excluding hydrogens is 204 g/mol. The van der Waals surface area contributed by atoms with Gasteiger partial charge in [-0.05, 0) is 52.9 Å². The number of benzene rings is 1. The van der Waals surface area contributed by atoms with Crippen LogP contribution in [-0.2, 0) is 0 Å². The van der Waals surface area contributed by atoms with Gasteiger partial charge < -0.3 is 5.11 Å². The van der Waals surface area contributed by atoms with Crippen LogP contribution in [0.4, 0.5) is 0 Å². The third-order valence-electron chi connectivity index (χ3n) is 2.59. The van der Waals surface area contributed by atoms with E-state index in [0.29, 0.717) is 6.42 Å². The Hall–Kier alpha value is -1.12. The minimum absolute atomic E-state index is 0.166. The molecule has 0 aliphatic heterocycles. The molecular formula is C13H14OS. The van der Waals surface area contributed by atoms with E-state index in [4.69, 9.17) is 5.11 Å². The molecule has 0 saturated carbocycles. The highest BCUT2D eigenvalue weighted by molar-refractivity contribution is 7.17. The molecule has 0 unspecified atom stereocenters. The van der Waals surface area contributed by atoms with Gasteiger partial charge in [0.1, 0.15) is 0 Å². The first-order valence-electron chi connectivity index (χ1n) is 4.99. The molecule has 1 heterocycles. The number of aliphatic hydroxyl groups is 1. The van der Waals surface area contributed by atoms with Gasteiger partial charge in [0.25, 0.3) is 0 Å². The second kappa shape index (κ2) is 4.17. The van der Waals surface area contributed by atoms with Crippen LogP contribution in [0.2, 0.25) is 0 Å². The lowest BCUT2D eigenvalue weighted by Gasteiger charge is -2.04. The molecule has 2 heteroatoms. The Kier molecular flexibility index (Phi) is 2.89. The SMILES string of the molecule is C=C(CCO)c1ccc2scc(C)c2c1. The van der Waals surface area contributed by atoms with Crippen molar-refractivity contribution in [2.24, 2.45) is 0 Å². The number of thiophene rings is 1.